The van der Waals surface area contributed by atoms with E-state index in [1.165, 1.54) is 14.0 Å². The third kappa shape index (κ3) is 4.63. The molecule has 8 heteroatoms. The number of hydrogen-bond donors (Lipinski definition) is 3. The maximum absolute atomic E-state index is 12.0. The van der Waals surface area contributed by atoms with Crippen LogP contribution in [0.25, 0.3) is 10.9 Å². The third-order valence-electron chi connectivity index (χ3n) is 3.80. The minimum atomic E-state index is -1.47. The minimum Gasteiger partial charge on any atom is -0.479 e. The molecule has 0 fully saturated rings. The lowest BCUT2D eigenvalue weighted by atomic mass is 10.0. The number of methoxy groups -OCH3 is 1. The lowest BCUT2D eigenvalue weighted by Crippen LogP contribution is -2.55. The Morgan fingerprint density at radius 3 is 2.76 bits per heavy atom. The first kappa shape index (κ1) is 18.6. The number of carbonyl (C=O) groups is 2. The summed E-state index contributed by atoms with van der Waals surface area (Å²) in [7, 11) is 1.37. The fourth-order valence-electron chi connectivity index (χ4n) is 2.48. The standard InChI is InChI=1S/C17H21N3O5/c1-17(10-25-2,16(23)24)20-14(21)9-5-8-13-18-12-7-4-3-6-11(12)15(22)19-13/h3-4,6-7H,5,8-10H2,1-2H3,(H,20,21)(H,23,24)(H,18,19,22). The summed E-state index contributed by atoms with van der Waals surface area (Å²) in [6.45, 7) is 1.26. The molecule has 1 aromatic carbocycles. The first-order chi connectivity index (χ1) is 11.9. The quantitative estimate of drug-likeness (QED) is 0.651. The molecule has 0 bridgehead atoms. The molecule has 8 nitrogen and oxygen atoms in total. The van der Waals surface area contributed by atoms with Crippen molar-refractivity contribution in [1.29, 1.82) is 0 Å². The van der Waals surface area contributed by atoms with Gasteiger partial charge in [-0.25, -0.2) is 9.78 Å². The molecule has 1 unspecified atom stereocenters. The van der Waals surface area contributed by atoms with Crippen LogP contribution in [0.1, 0.15) is 25.6 Å². The number of para-hydroxylation sites is 1. The van der Waals surface area contributed by atoms with E-state index in [0.717, 1.165) is 0 Å². The monoisotopic (exact) mass is 347 g/mol. The Hall–Kier alpha value is -2.74. The number of aromatic amines is 1. The van der Waals surface area contributed by atoms with Crippen molar-refractivity contribution < 1.29 is 19.4 Å². The van der Waals surface area contributed by atoms with Gasteiger partial charge in [-0.1, -0.05) is 12.1 Å². The first-order valence-electron chi connectivity index (χ1n) is 7.87. The summed E-state index contributed by atoms with van der Waals surface area (Å²) in [4.78, 5) is 42.3. The van der Waals surface area contributed by atoms with Crippen LogP contribution >= 0.6 is 0 Å². The highest BCUT2D eigenvalue weighted by molar-refractivity contribution is 5.86. The number of carboxylic acids is 1. The van der Waals surface area contributed by atoms with Crippen molar-refractivity contribution in [2.75, 3.05) is 13.7 Å². The number of hydrogen-bond acceptors (Lipinski definition) is 5. The molecule has 134 valence electrons. The Kier molecular flexibility index (Phi) is 5.87. The van der Waals surface area contributed by atoms with E-state index in [2.05, 4.69) is 15.3 Å². The highest BCUT2D eigenvalue weighted by Crippen LogP contribution is 2.09. The summed E-state index contributed by atoms with van der Waals surface area (Å²) in [5.74, 6) is -1.07. The number of H-pyrrole nitrogens is 1. The number of carboxylic acid groups (broad SMARTS) is 1. The predicted octanol–water partition coefficient (Wildman–Crippen LogP) is 0.852. The number of aliphatic carboxylic acids is 1. The van der Waals surface area contributed by atoms with E-state index in [-0.39, 0.29) is 18.6 Å². The van der Waals surface area contributed by atoms with E-state index >= 15 is 0 Å². The number of amides is 1. The average molecular weight is 347 g/mol. The molecule has 0 saturated heterocycles. The fourth-order valence-corrected chi connectivity index (χ4v) is 2.48. The number of rotatable bonds is 8. The zero-order chi connectivity index (χ0) is 18.4. The maximum Gasteiger partial charge on any atom is 0.331 e. The molecule has 2 aromatic rings. The van der Waals surface area contributed by atoms with E-state index in [4.69, 9.17) is 4.74 Å². The number of fused-ring (bicyclic) bond motifs is 1. The van der Waals surface area contributed by atoms with Gasteiger partial charge in [0.05, 0.1) is 17.5 Å². The van der Waals surface area contributed by atoms with E-state index in [1.807, 2.05) is 0 Å². The second-order valence-electron chi connectivity index (χ2n) is 6.00. The van der Waals surface area contributed by atoms with Crippen LogP contribution in [0.5, 0.6) is 0 Å². The normalized spacial score (nSPS) is 13.4. The fraction of sp³-hybridized carbons (Fsp3) is 0.412. The van der Waals surface area contributed by atoms with Crippen LogP contribution in [0.4, 0.5) is 0 Å². The van der Waals surface area contributed by atoms with Gasteiger partial charge in [0, 0.05) is 20.0 Å². The van der Waals surface area contributed by atoms with Crippen LogP contribution in [0.2, 0.25) is 0 Å². The lowest BCUT2D eigenvalue weighted by Gasteiger charge is -2.25. The highest BCUT2D eigenvalue weighted by Gasteiger charge is 2.34. The lowest BCUT2D eigenvalue weighted by molar-refractivity contribution is -0.149. The topological polar surface area (TPSA) is 121 Å². The number of aromatic nitrogens is 2. The Labute approximate surface area is 144 Å². The second kappa shape index (κ2) is 7.89. The van der Waals surface area contributed by atoms with Crippen molar-refractivity contribution in [3.05, 3.63) is 40.4 Å². The summed E-state index contributed by atoms with van der Waals surface area (Å²) in [5.41, 5.74) is -1.09. The molecular formula is C17H21N3O5. The third-order valence-corrected chi connectivity index (χ3v) is 3.80. The van der Waals surface area contributed by atoms with Gasteiger partial charge in [0.1, 0.15) is 5.82 Å². The highest BCUT2D eigenvalue weighted by atomic mass is 16.5. The van der Waals surface area contributed by atoms with Crippen LogP contribution < -0.4 is 10.9 Å². The van der Waals surface area contributed by atoms with Gasteiger partial charge >= 0.3 is 5.97 Å². The SMILES string of the molecule is COCC(C)(NC(=O)CCCc1nc2ccccc2c(=O)[nH]1)C(=O)O. The van der Waals surface area contributed by atoms with Crippen molar-refractivity contribution in [2.24, 2.45) is 0 Å². The number of nitrogens with one attached hydrogen (secondary N) is 2. The number of carbonyl (C=O) groups excluding carboxylic acids is 1. The molecule has 25 heavy (non-hydrogen) atoms. The number of ether oxygens (including phenoxy) is 1. The largest absolute Gasteiger partial charge is 0.479 e. The van der Waals surface area contributed by atoms with Crippen molar-refractivity contribution in [2.45, 2.75) is 31.7 Å². The minimum absolute atomic E-state index is 0.114. The summed E-state index contributed by atoms with van der Waals surface area (Å²) in [6, 6.07) is 7.02. The van der Waals surface area contributed by atoms with E-state index in [0.29, 0.717) is 29.6 Å². The van der Waals surface area contributed by atoms with Crippen LogP contribution in [0.3, 0.4) is 0 Å². The van der Waals surface area contributed by atoms with Crippen molar-refractivity contribution >= 4 is 22.8 Å². The molecule has 0 spiro atoms. The molecular weight excluding hydrogens is 326 g/mol. The van der Waals surface area contributed by atoms with E-state index in [9.17, 15) is 19.5 Å². The predicted molar refractivity (Wildman–Crippen MR) is 91.4 cm³/mol. The van der Waals surface area contributed by atoms with Gasteiger partial charge in [-0.3, -0.25) is 9.59 Å². The molecule has 1 heterocycles. The maximum atomic E-state index is 12.0. The first-order valence-corrected chi connectivity index (χ1v) is 7.87. The Bertz CT molecular complexity index is 832. The summed E-state index contributed by atoms with van der Waals surface area (Å²) < 4.78 is 4.85. The van der Waals surface area contributed by atoms with Crippen LogP contribution in [0.15, 0.2) is 29.1 Å². The van der Waals surface area contributed by atoms with Crippen LogP contribution in [-0.4, -0.2) is 46.2 Å². The Morgan fingerprint density at radius 1 is 1.36 bits per heavy atom. The molecule has 1 atom stereocenters. The van der Waals surface area contributed by atoms with Gasteiger partial charge < -0.3 is 20.1 Å². The summed E-state index contributed by atoms with van der Waals surface area (Å²) in [6.07, 6.45) is 0.945. The average Bonchev–Trinajstić information content (AvgIpc) is 2.55. The molecule has 3 N–H and O–H groups in total. The van der Waals surface area contributed by atoms with Crippen molar-refractivity contribution in [1.82, 2.24) is 15.3 Å². The van der Waals surface area contributed by atoms with E-state index in [1.54, 1.807) is 24.3 Å². The van der Waals surface area contributed by atoms with Gasteiger partial charge in [0.25, 0.3) is 5.56 Å². The van der Waals surface area contributed by atoms with Gasteiger partial charge in [-0.05, 0) is 25.5 Å². The molecule has 1 aromatic heterocycles. The van der Waals surface area contributed by atoms with Crippen molar-refractivity contribution in [3.8, 4) is 0 Å². The van der Waals surface area contributed by atoms with Gasteiger partial charge in [-0.15, -0.1) is 0 Å². The molecule has 1 amide bonds. The van der Waals surface area contributed by atoms with Gasteiger partial charge in [-0.2, -0.15) is 0 Å². The number of benzene rings is 1. The van der Waals surface area contributed by atoms with E-state index < -0.39 is 17.4 Å². The number of aryl methyl sites for hydroxylation is 1. The molecule has 0 radical (unpaired) electrons. The summed E-state index contributed by atoms with van der Waals surface area (Å²) in [5, 5.41) is 12.2. The molecule has 0 aliphatic carbocycles. The van der Waals surface area contributed by atoms with Crippen molar-refractivity contribution in [3.63, 3.8) is 0 Å². The molecule has 2 rings (SSSR count). The number of nitrogens with zero attached hydrogens (tertiary/aromatic N) is 1. The van der Waals surface area contributed by atoms with Gasteiger partial charge in [0.15, 0.2) is 5.54 Å². The molecule has 0 aliphatic heterocycles. The Morgan fingerprint density at radius 2 is 2.08 bits per heavy atom. The summed E-state index contributed by atoms with van der Waals surface area (Å²) >= 11 is 0. The van der Waals surface area contributed by atoms with Gasteiger partial charge in [0.2, 0.25) is 5.91 Å². The Balaban J connectivity index is 1.95. The second-order valence-corrected chi connectivity index (χ2v) is 6.00. The molecule has 0 aliphatic rings. The van der Waals surface area contributed by atoms with Crippen LogP contribution in [0, 0.1) is 0 Å². The molecule has 0 saturated carbocycles. The smallest absolute Gasteiger partial charge is 0.331 e. The zero-order valence-corrected chi connectivity index (χ0v) is 14.2. The zero-order valence-electron chi connectivity index (χ0n) is 14.2. The van der Waals surface area contributed by atoms with Crippen LogP contribution in [-0.2, 0) is 20.7 Å².